The summed E-state index contributed by atoms with van der Waals surface area (Å²) < 4.78 is 25.7. The number of aromatic nitrogens is 2. The van der Waals surface area contributed by atoms with Crippen LogP contribution in [0.3, 0.4) is 0 Å². The second-order valence-corrected chi connectivity index (χ2v) is 6.98. The SMILES string of the molecule is COc1ccc(OC)c(-c2ccc(=O)n(CCNC(=O)Cc3c(F)cccc3Cl)n2)c1. The molecule has 0 aliphatic carbocycles. The van der Waals surface area contributed by atoms with Crippen LogP contribution in [0.2, 0.25) is 5.02 Å². The number of methoxy groups -OCH3 is 2. The number of benzene rings is 2. The van der Waals surface area contributed by atoms with Crippen molar-refractivity contribution in [2.45, 2.75) is 13.0 Å². The Bertz CT molecular complexity index is 1130. The Kier molecular flexibility index (Phi) is 7.25. The lowest BCUT2D eigenvalue weighted by molar-refractivity contribution is -0.120. The Balaban J connectivity index is 1.71. The van der Waals surface area contributed by atoms with Crippen LogP contribution in [-0.2, 0) is 17.8 Å². The summed E-state index contributed by atoms with van der Waals surface area (Å²) in [6.07, 6.45) is -0.200. The molecule has 0 saturated heterocycles. The highest BCUT2D eigenvalue weighted by molar-refractivity contribution is 6.31. The predicted molar refractivity (Wildman–Crippen MR) is 115 cm³/mol. The van der Waals surface area contributed by atoms with Crippen molar-refractivity contribution in [2.24, 2.45) is 0 Å². The number of hydrogen-bond donors (Lipinski definition) is 1. The van der Waals surface area contributed by atoms with Gasteiger partial charge in [0.25, 0.3) is 5.56 Å². The highest BCUT2D eigenvalue weighted by Crippen LogP contribution is 2.31. The molecule has 0 atom stereocenters. The summed E-state index contributed by atoms with van der Waals surface area (Å²) in [5.41, 5.74) is 0.981. The second kappa shape index (κ2) is 10.1. The number of carbonyl (C=O) groups excluding carboxylic acids is 1. The highest BCUT2D eigenvalue weighted by Gasteiger charge is 2.13. The van der Waals surface area contributed by atoms with E-state index < -0.39 is 11.7 Å². The van der Waals surface area contributed by atoms with Crippen LogP contribution in [0.4, 0.5) is 4.39 Å². The molecule has 0 aliphatic heterocycles. The van der Waals surface area contributed by atoms with Crippen molar-refractivity contribution in [3.05, 3.63) is 75.3 Å². The number of amides is 1. The van der Waals surface area contributed by atoms with Gasteiger partial charge in [-0.3, -0.25) is 9.59 Å². The molecule has 0 aliphatic rings. The van der Waals surface area contributed by atoms with Crippen LogP contribution < -0.4 is 20.3 Å². The lowest BCUT2D eigenvalue weighted by Crippen LogP contribution is -2.32. The fraction of sp³-hybridized carbons (Fsp3) is 0.227. The van der Waals surface area contributed by atoms with Gasteiger partial charge in [0.2, 0.25) is 5.91 Å². The van der Waals surface area contributed by atoms with E-state index in [4.69, 9.17) is 21.1 Å². The molecule has 7 nitrogen and oxygen atoms in total. The molecule has 9 heteroatoms. The highest BCUT2D eigenvalue weighted by atomic mass is 35.5. The van der Waals surface area contributed by atoms with E-state index in [9.17, 15) is 14.0 Å². The number of halogens is 2. The van der Waals surface area contributed by atoms with Crippen LogP contribution in [0.25, 0.3) is 11.3 Å². The van der Waals surface area contributed by atoms with E-state index in [0.29, 0.717) is 22.8 Å². The summed E-state index contributed by atoms with van der Waals surface area (Å²) in [4.78, 5) is 24.4. The third kappa shape index (κ3) is 5.40. The minimum Gasteiger partial charge on any atom is -0.497 e. The zero-order valence-corrected chi connectivity index (χ0v) is 17.8. The summed E-state index contributed by atoms with van der Waals surface area (Å²) in [6.45, 7) is 0.270. The molecule has 162 valence electrons. The Hall–Kier alpha value is -3.39. The Morgan fingerprint density at radius 2 is 1.97 bits per heavy atom. The number of nitrogens with one attached hydrogen (secondary N) is 1. The molecule has 1 heterocycles. The lowest BCUT2D eigenvalue weighted by atomic mass is 10.1. The maximum Gasteiger partial charge on any atom is 0.266 e. The minimum absolute atomic E-state index is 0.129. The monoisotopic (exact) mass is 445 g/mol. The van der Waals surface area contributed by atoms with Crippen LogP contribution in [0.5, 0.6) is 11.5 Å². The van der Waals surface area contributed by atoms with Crippen LogP contribution >= 0.6 is 11.6 Å². The van der Waals surface area contributed by atoms with Crippen molar-refractivity contribution >= 4 is 17.5 Å². The zero-order valence-electron chi connectivity index (χ0n) is 17.0. The molecular weight excluding hydrogens is 425 g/mol. The van der Waals surface area contributed by atoms with Crippen LogP contribution in [0.1, 0.15) is 5.56 Å². The molecule has 0 bridgehead atoms. The zero-order chi connectivity index (χ0) is 22.4. The maximum atomic E-state index is 13.8. The van der Waals surface area contributed by atoms with E-state index >= 15 is 0 Å². The molecule has 0 radical (unpaired) electrons. The molecule has 31 heavy (non-hydrogen) atoms. The molecule has 1 aromatic heterocycles. The van der Waals surface area contributed by atoms with Crippen molar-refractivity contribution in [3.63, 3.8) is 0 Å². The predicted octanol–water partition coefficient (Wildman–Crippen LogP) is 3.08. The molecule has 3 rings (SSSR count). The third-order valence-electron chi connectivity index (χ3n) is 4.59. The fourth-order valence-electron chi connectivity index (χ4n) is 2.99. The summed E-state index contributed by atoms with van der Waals surface area (Å²) in [7, 11) is 3.09. The van der Waals surface area contributed by atoms with E-state index in [1.807, 2.05) is 0 Å². The number of carbonyl (C=O) groups is 1. The maximum absolute atomic E-state index is 13.8. The van der Waals surface area contributed by atoms with Crippen molar-refractivity contribution < 1.29 is 18.7 Å². The van der Waals surface area contributed by atoms with Gasteiger partial charge >= 0.3 is 0 Å². The van der Waals surface area contributed by atoms with Gasteiger partial charge in [-0.1, -0.05) is 17.7 Å². The normalized spacial score (nSPS) is 10.6. The summed E-state index contributed by atoms with van der Waals surface area (Å²) >= 11 is 5.95. The Labute approximate surface area is 183 Å². The molecule has 1 amide bonds. The van der Waals surface area contributed by atoms with E-state index in [2.05, 4.69) is 10.4 Å². The largest absolute Gasteiger partial charge is 0.497 e. The quantitative estimate of drug-likeness (QED) is 0.576. The van der Waals surface area contributed by atoms with Crippen molar-refractivity contribution in [2.75, 3.05) is 20.8 Å². The number of hydrogen-bond acceptors (Lipinski definition) is 5. The molecule has 0 spiro atoms. The smallest absolute Gasteiger partial charge is 0.266 e. The Morgan fingerprint density at radius 3 is 2.68 bits per heavy atom. The average molecular weight is 446 g/mol. The standard InChI is InChI=1S/C22H21ClFN3O4/c1-30-14-6-8-20(31-2)16(12-14)19-7-9-22(29)27(26-19)11-10-25-21(28)13-15-17(23)4-3-5-18(15)24/h3-9,12H,10-11,13H2,1-2H3,(H,25,28). The number of nitrogens with zero attached hydrogens (tertiary/aromatic N) is 2. The van der Waals surface area contributed by atoms with Crippen LogP contribution in [-0.4, -0.2) is 36.5 Å². The number of ether oxygens (including phenoxy) is 2. The van der Waals surface area contributed by atoms with E-state index in [-0.39, 0.29) is 35.7 Å². The second-order valence-electron chi connectivity index (χ2n) is 6.57. The van der Waals surface area contributed by atoms with Crippen LogP contribution in [0.15, 0.2) is 53.3 Å². The average Bonchev–Trinajstić information content (AvgIpc) is 2.77. The summed E-state index contributed by atoms with van der Waals surface area (Å²) in [6, 6.07) is 12.5. The third-order valence-corrected chi connectivity index (χ3v) is 4.95. The van der Waals surface area contributed by atoms with E-state index in [0.717, 1.165) is 0 Å². The van der Waals surface area contributed by atoms with Gasteiger partial charge in [0.05, 0.1) is 32.9 Å². The summed E-state index contributed by atoms with van der Waals surface area (Å²) in [5, 5.41) is 7.21. The first-order valence-electron chi connectivity index (χ1n) is 9.43. The minimum atomic E-state index is -0.541. The van der Waals surface area contributed by atoms with Gasteiger partial charge in [0.15, 0.2) is 0 Å². The van der Waals surface area contributed by atoms with Crippen molar-refractivity contribution in [1.82, 2.24) is 15.1 Å². The van der Waals surface area contributed by atoms with Crippen LogP contribution in [0, 0.1) is 5.82 Å². The molecule has 0 fully saturated rings. The van der Waals surface area contributed by atoms with Gasteiger partial charge in [0.1, 0.15) is 17.3 Å². The first kappa shape index (κ1) is 22.3. The van der Waals surface area contributed by atoms with Gasteiger partial charge in [0, 0.05) is 28.8 Å². The molecule has 1 N–H and O–H groups in total. The van der Waals surface area contributed by atoms with Gasteiger partial charge in [-0.05, 0) is 36.4 Å². The van der Waals surface area contributed by atoms with Gasteiger partial charge in [-0.15, -0.1) is 0 Å². The fourth-order valence-corrected chi connectivity index (χ4v) is 3.22. The van der Waals surface area contributed by atoms with Crippen molar-refractivity contribution in [1.29, 1.82) is 0 Å². The summed E-state index contributed by atoms with van der Waals surface area (Å²) in [5.74, 6) is 0.245. The van der Waals surface area contributed by atoms with Gasteiger partial charge < -0.3 is 14.8 Å². The molecule has 2 aromatic carbocycles. The molecule has 0 unspecified atom stereocenters. The van der Waals surface area contributed by atoms with E-state index in [1.54, 1.807) is 38.5 Å². The van der Waals surface area contributed by atoms with Gasteiger partial charge in [-0.25, -0.2) is 9.07 Å². The Morgan fingerprint density at radius 1 is 1.16 bits per heavy atom. The first-order chi connectivity index (χ1) is 14.9. The topological polar surface area (TPSA) is 82.5 Å². The van der Waals surface area contributed by atoms with E-state index in [1.165, 1.54) is 28.9 Å². The first-order valence-corrected chi connectivity index (χ1v) is 9.81. The van der Waals surface area contributed by atoms with Gasteiger partial charge in [-0.2, -0.15) is 5.10 Å². The molecule has 3 aromatic rings. The van der Waals surface area contributed by atoms with Crippen molar-refractivity contribution in [3.8, 4) is 22.8 Å². The molecule has 0 saturated carbocycles. The number of rotatable bonds is 8. The lowest BCUT2D eigenvalue weighted by Gasteiger charge is -2.12. The molecular formula is C22H21ClFN3O4.